The number of aliphatic hydroxyl groups excluding tert-OH is 1. The fourth-order valence-corrected chi connectivity index (χ4v) is 1.67. The van der Waals surface area contributed by atoms with Gasteiger partial charge in [0.05, 0.1) is 12.4 Å². The largest absolute Gasteiger partial charge is 0.396 e. The molecule has 0 heterocycles. The van der Waals surface area contributed by atoms with E-state index in [0.29, 0.717) is 17.3 Å². The van der Waals surface area contributed by atoms with Gasteiger partial charge in [-0.3, -0.25) is 0 Å². The Hall–Kier alpha value is 0.420. The molecule has 0 amide bonds. The monoisotopic (exact) mass is 170 g/mol. The summed E-state index contributed by atoms with van der Waals surface area (Å²) in [6.45, 7) is 0.142. The second-order valence-corrected chi connectivity index (χ2v) is 3.64. The van der Waals surface area contributed by atoms with E-state index in [1.54, 1.807) is 0 Å². The Bertz CT molecular complexity index is 85.9. The molecule has 0 aliphatic carbocycles. The summed E-state index contributed by atoms with van der Waals surface area (Å²) in [5.41, 5.74) is 0. The van der Waals surface area contributed by atoms with Gasteiger partial charge in [0.1, 0.15) is 0 Å². The Balaban J connectivity index is 2.83. The highest BCUT2D eigenvalue weighted by Gasteiger charge is 1.91. The van der Waals surface area contributed by atoms with E-state index in [9.17, 15) is 4.21 Å². The molecule has 5 heteroatoms. The van der Waals surface area contributed by atoms with Crippen molar-refractivity contribution < 1.29 is 13.9 Å². The molecule has 0 aromatic rings. The highest BCUT2D eigenvalue weighted by atomic mass is 32.2. The van der Waals surface area contributed by atoms with Crippen molar-refractivity contribution in [2.75, 3.05) is 23.9 Å². The molecule has 0 fully saturated rings. The lowest BCUT2D eigenvalue weighted by molar-refractivity contribution is 0.322. The normalized spacial score (nSPS) is 13.6. The number of hydrogen-bond donors (Lipinski definition) is 2. The Kier molecular flexibility index (Phi) is 6.84. The van der Waals surface area contributed by atoms with Crippen LogP contribution in [0.5, 0.6) is 0 Å². The van der Waals surface area contributed by atoms with Gasteiger partial charge in [0.15, 0.2) is 11.1 Å². The topological polar surface area (TPSA) is 57.5 Å². The molecule has 0 aliphatic rings. The zero-order valence-corrected chi connectivity index (χ0v) is 6.58. The van der Waals surface area contributed by atoms with Crippen LogP contribution in [0.1, 0.15) is 0 Å². The fraction of sp³-hybridized carbons (Fsp3) is 1.00. The second kappa shape index (κ2) is 6.54. The van der Waals surface area contributed by atoms with Crippen LogP contribution < -0.4 is 0 Å². The molecule has 0 bridgehead atoms. The molecule has 2 N–H and O–H groups in total. The SMILES string of the molecule is O=S(O)CCSCCO. The summed E-state index contributed by atoms with van der Waals surface area (Å²) in [5, 5.41) is 8.27. The summed E-state index contributed by atoms with van der Waals surface area (Å²) in [6.07, 6.45) is 0. The van der Waals surface area contributed by atoms with Crippen molar-refractivity contribution in [3.63, 3.8) is 0 Å². The molecule has 0 spiro atoms. The van der Waals surface area contributed by atoms with Crippen molar-refractivity contribution in [1.82, 2.24) is 0 Å². The van der Waals surface area contributed by atoms with Gasteiger partial charge < -0.3 is 9.66 Å². The molecule has 9 heavy (non-hydrogen) atoms. The molecule has 3 nitrogen and oxygen atoms in total. The number of rotatable bonds is 5. The lowest BCUT2D eigenvalue weighted by Gasteiger charge is -1.93. The van der Waals surface area contributed by atoms with Gasteiger partial charge in [-0.05, 0) is 0 Å². The van der Waals surface area contributed by atoms with E-state index < -0.39 is 11.1 Å². The quantitative estimate of drug-likeness (QED) is 0.448. The molecule has 0 saturated carbocycles. The molecule has 56 valence electrons. The van der Waals surface area contributed by atoms with Gasteiger partial charge in [-0.2, -0.15) is 11.8 Å². The van der Waals surface area contributed by atoms with Crippen LogP contribution in [-0.4, -0.2) is 37.7 Å². The first kappa shape index (κ1) is 9.42. The van der Waals surface area contributed by atoms with Gasteiger partial charge in [-0.1, -0.05) is 0 Å². The Morgan fingerprint density at radius 3 is 2.56 bits per heavy atom. The van der Waals surface area contributed by atoms with E-state index in [-0.39, 0.29) is 6.61 Å². The summed E-state index contributed by atoms with van der Waals surface area (Å²) in [7, 11) is 0. The summed E-state index contributed by atoms with van der Waals surface area (Å²) in [5.74, 6) is 1.59. The van der Waals surface area contributed by atoms with Gasteiger partial charge >= 0.3 is 0 Å². The van der Waals surface area contributed by atoms with Crippen LogP contribution in [0.15, 0.2) is 0 Å². The third-order valence-corrected chi connectivity index (χ3v) is 2.41. The second-order valence-electron chi connectivity index (χ2n) is 1.36. The summed E-state index contributed by atoms with van der Waals surface area (Å²) in [4.78, 5) is 0. The van der Waals surface area contributed by atoms with Crippen molar-refractivity contribution >= 4 is 22.8 Å². The van der Waals surface area contributed by atoms with E-state index in [0.717, 1.165) is 0 Å². The van der Waals surface area contributed by atoms with Crippen LogP contribution in [0.25, 0.3) is 0 Å². The number of hydrogen-bond acceptors (Lipinski definition) is 3. The van der Waals surface area contributed by atoms with Crippen LogP contribution >= 0.6 is 11.8 Å². The predicted octanol–water partition coefficient (Wildman–Crippen LogP) is -0.0664. The molecule has 1 unspecified atom stereocenters. The van der Waals surface area contributed by atoms with Crippen molar-refractivity contribution in [3.05, 3.63) is 0 Å². The van der Waals surface area contributed by atoms with Crippen LogP contribution in [-0.2, 0) is 11.1 Å². The van der Waals surface area contributed by atoms with Gasteiger partial charge in [0.25, 0.3) is 0 Å². The first-order valence-electron chi connectivity index (χ1n) is 2.53. The van der Waals surface area contributed by atoms with E-state index in [4.69, 9.17) is 9.66 Å². The standard InChI is InChI=1S/C4H10O3S2/c5-1-2-8-3-4-9(6)7/h5H,1-4H2,(H,6,7). The van der Waals surface area contributed by atoms with Gasteiger partial charge in [-0.25, -0.2) is 4.21 Å². The van der Waals surface area contributed by atoms with Crippen molar-refractivity contribution in [1.29, 1.82) is 0 Å². The van der Waals surface area contributed by atoms with E-state index >= 15 is 0 Å². The Labute approximate surface area is 61.1 Å². The first-order valence-corrected chi connectivity index (χ1v) is 4.96. The molecule has 0 rings (SSSR count). The lowest BCUT2D eigenvalue weighted by atomic mass is 10.9. The van der Waals surface area contributed by atoms with Crippen LogP contribution in [0.3, 0.4) is 0 Å². The molecular weight excluding hydrogens is 160 g/mol. The zero-order chi connectivity index (χ0) is 7.11. The highest BCUT2D eigenvalue weighted by molar-refractivity contribution is 7.99. The minimum Gasteiger partial charge on any atom is -0.396 e. The zero-order valence-electron chi connectivity index (χ0n) is 4.95. The maximum Gasteiger partial charge on any atom is 0.153 e. The number of thioether (sulfide) groups is 1. The third kappa shape index (κ3) is 8.42. The highest BCUT2D eigenvalue weighted by Crippen LogP contribution is 1.97. The molecular formula is C4H10O3S2. The minimum absolute atomic E-state index is 0.142. The summed E-state index contributed by atoms with van der Waals surface area (Å²) in [6, 6.07) is 0. The molecule has 0 aromatic carbocycles. The Morgan fingerprint density at radius 1 is 1.44 bits per heavy atom. The first-order chi connectivity index (χ1) is 4.27. The van der Waals surface area contributed by atoms with Crippen molar-refractivity contribution in [2.45, 2.75) is 0 Å². The molecule has 0 radical (unpaired) electrons. The Morgan fingerprint density at radius 2 is 2.11 bits per heavy atom. The minimum atomic E-state index is -1.67. The molecule has 0 saturated heterocycles. The van der Waals surface area contributed by atoms with Gasteiger partial charge in [0, 0.05) is 11.5 Å². The number of aliphatic hydroxyl groups is 1. The summed E-state index contributed by atoms with van der Waals surface area (Å²) >= 11 is -0.193. The average Bonchev–Trinajstić information content (AvgIpc) is 1.80. The van der Waals surface area contributed by atoms with Gasteiger partial charge in [0.2, 0.25) is 0 Å². The smallest absolute Gasteiger partial charge is 0.153 e. The fourth-order valence-electron chi connectivity index (χ4n) is 0.297. The lowest BCUT2D eigenvalue weighted by Crippen LogP contribution is -1.99. The predicted molar refractivity (Wildman–Crippen MR) is 40.0 cm³/mol. The third-order valence-electron chi connectivity index (χ3n) is 0.638. The maximum atomic E-state index is 10.00. The van der Waals surface area contributed by atoms with Gasteiger partial charge in [-0.15, -0.1) is 0 Å². The van der Waals surface area contributed by atoms with E-state index in [1.165, 1.54) is 11.8 Å². The van der Waals surface area contributed by atoms with Crippen LogP contribution in [0.4, 0.5) is 0 Å². The van der Waals surface area contributed by atoms with E-state index in [1.807, 2.05) is 0 Å². The van der Waals surface area contributed by atoms with Crippen LogP contribution in [0, 0.1) is 0 Å². The molecule has 1 atom stereocenters. The molecule has 0 aromatic heterocycles. The van der Waals surface area contributed by atoms with Crippen molar-refractivity contribution in [2.24, 2.45) is 0 Å². The molecule has 0 aliphatic heterocycles. The summed E-state index contributed by atoms with van der Waals surface area (Å²) < 4.78 is 18.2. The maximum absolute atomic E-state index is 10.00. The van der Waals surface area contributed by atoms with E-state index in [2.05, 4.69) is 0 Å². The average molecular weight is 170 g/mol. The van der Waals surface area contributed by atoms with Crippen LogP contribution in [0.2, 0.25) is 0 Å². The van der Waals surface area contributed by atoms with Crippen molar-refractivity contribution in [3.8, 4) is 0 Å².